The first-order chi connectivity index (χ1) is 9.00. The molecule has 1 aliphatic heterocycles. The summed E-state index contributed by atoms with van der Waals surface area (Å²) >= 11 is 0. The van der Waals surface area contributed by atoms with Gasteiger partial charge in [0.2, 0.25) is 0 Å². The van der Waals surface area contributed by atoms with Gasteiger partial charge >= 0.3 is 5.69 Å². The van der Waals surface area contributed by atoms with Gasteiger partial charge in [-0.15, -0.1) is 0 Å². The highest BCUT2D eigenvalue weighted by molar-refractivity contribution is 5.93. The molecule has 1 amide bonds. The maximum Gasteiger partial charge on any atom is 0.328 e. The van der Waals surface area contributed by atoms with Crippen LogP contribution < -0.4 is 21.9 Å². The lowest BCUT2D eigenvalue weighted by molar-refractivity contribution is 0.0917. The Morgan fingerprint density at radius 3 is 2.89 bits per heavy atom. The van der Waals surface area contributed by atoms with Gasteiger partial charge in [0.1, 0.15) is 5.56 Å². The molecule has 0 saturated carbocycles. The van der Waals surface area contributed by atoms with E-state index in [0.29, 0.717) is 0 Å². The minimum atomic E-state index is -0.585. The van der Waals surface area contributed by atoms with Crippen molar-refractivity contribution < 1.29 is 4.79 Å². The molecule has 104 valence electrons. The standard InChI is InChI=1S/C12H18N4O3/c1-7-9(4-3-5-13-7)15-10(17)8-6-14-12(19)16(2)11(8)18/h6-7,9,13H,3-5H2,1-2H3,(H,14,19)(H,15,17). The van der Waals surface area contributed by atoms with Crippen LogP contribution in [0.25, 0.3) is 0 Å². The third-order valence-corrected chi connectivity index (χ3v) is 3.50. The lowest BCUT2D eigenvalue weighted by atomic mass is 9.99. The van der Waals surface area contributed by atoms with E-state index in [0.717, 1.165) is 24.0 Å². The van der Waals surface area contributed by atoms with E-state index in [-0.39, 0.29) is 17.6 Å². The van der Waals surface area contributed by atoms with Crippen molar-refractivity contribution in [2.24, 2.45) is 7.05 Å². The second kappa shape index (κ2) is 5.40. The van der Waals surface area contributed by atoms with Crippen LogP contribution in [-0.2, 0) is 7.05 Å². The Bertz CT molecular complexity index is 589. The van der Waals surface area contributed by atoms with Crippen LogP contribution in [0.1, 0.15) is 30.1 Å². The predicted molar refractivity (Wildman–Crippen MR) is 70.3 cm³/mol. The number of carbonyl (C=O) groups is 1. The summed E-state index contributed by atoms with van der Waals surface area (Å²) < 4.78 is 0.886. The minimum Gasteiger partial charge on any atom is -0.348 e. The second-order valence-electron chi connectivity index (χ2n) is 4.84. The maximum absolute atomic E-state index is 12.1. The number of nitrogens with zero attached hydrogens (tertiary/aromatic N) is 1. The number of aromatic nitrogens is 2. The van der Waals surface area contributed by atoms with Crippen molar-refractivity contribution in [2.75, 3.05) is 6.54 Å². The number of aromatic amines is 1. The summed E-state index contributed by atoms with van der Waals surface area (Å²) in [4.78, 5) is 37.5. The van der Waals surface area contributed by atoms with Crippen LogP contribution in [0.2, 0.25) is 0 Å². The van der Waals surface area contributed by atoms with Crippen LogP contribution in [0.15, 0.2) is 15.8 Å². The SMILES string of the molecule is CC1NCCCC1NC(=O)c1c[nH]c(=O)n(C)c1=O. The summed E-state index contributed by atoms with van der Waals surface area (Å²) in [6, 6.07) is 0.169. The van der Waals surface area contributed by atoms with Gasteiger partial charge in [0.25, 0.3) is 11.5 Å². The van der Waals surface area contributed by atoms with E-state index in [9.17, 15) is 14.4 Å². The summed E-state index contributed by atoms with van der Waals surface area (Å²) in [7, 11) is 1.34. The number of hydrogen-bond acceptors (Lipinski definition) is 4. The van der Waals surface area contributed by atoms with E-state index in [1.807, 2.05) is 6.92 Å². The van der Waals surface area contributed by atoms with Gasteiger partial charge in [-0.2, -0.15) is 0 Å². The molecule has 1 aromatic heterocycles. The Kier molecular flexibility index (Phi) is 3.84. The van der Waals surface area contributed by atoms with E-state index in [2.05, 4.69) is 15.6 Å². The average Bonchev–Trinajstić information content (AvgIpc) is 2.39. The molecular formula is C12H18N4O3. The van der Waals surface area contributed by atoms with Crippen molar-refractivity contribution in [3.8, 4) is 0 Å². The monoisotopic (exact) mass is 266 g/mol. The van der Waals surface area contributed by atoms with Gasteiger partial charge in [0, 0.05) is 25.3 Å². The summed E-state index contributed by atoms with van der Waals surface area (Å²) in [5, 5.41) is 6.10. The summed E-state index contributed by atoms with van der Waals surface area (Å²) in [6.45, 7) is 2.93. The molecule has 0 aliphatic carbocycles. The zero-order chi connectivity index (χ0) is 14.0. The lowest BCUT2D eigenvalue weighted by Crippen LogP contribution is -2.53. The molecule has 0 spiro atoms. The fourth-order valence-corrected chi connectivity index (χ4v) is 2.22. The molecule has 1 fully saturated rings. The summed E-state index contributed by atoms with van der Waals surface area (Å²) in [6.07, 6.45) is 3.03. The first-order valence-corrected chi connectivity index (χ1v) is 6.33. The van der Waals surface area contributed by atoms with Gasteiger partial charge < -0.3 is 15.6 Å². The van der Waals surface area contributed by atoms with Gasteiger partial charge in [-0.3, -0.25) is 14.2 Å². The van der Waals surface area contributed by atoms with Gasteiger partial charge in [0.15, 0.2) is 0 Å². The molecule has 2 rings (SSSR count). The lowest BCUT2D eigenvalue weighted by Gasteiger charge is -2.30. The van der Waals surface area contributed by atoms with E-state index in [1.54, 1.807) is 0 Å². The van der Waals surface area contributed by atoms with Crippen molar-refractivity contribution in [2.45, 2.75) is 31.8 Å². The molecule has 2 heterocycles. The van der Waals surface area contributed by atoms with E-state index < -0.39 is 17.2 Å². The molecule has 0 aromatic carbocycles. The minimum absolute atomic E-state index is 0.00196. The number of H-pyrrole nitrogens is 1. The Morgan fingerprint density at radius 2 is 2.21 bits per heavy atom. The molecule has 1 aliphatic rings. The first-order valence-electron chi connectivity index (χ1n) is 6.33. The smallest absolute Gasteiger partial charge is 0.328 e. The van der Waals surface area contributed by atoms with Crippen LogP contribution in [0.4, 0.5) is 0 Å². The predicted octanol–water partition coefficient (Wildman–Crippen LogP) is -1.06. The molecule has 3 N–H and O–H groups in total. The van der Waals surface area contributed by atoms with E-state index >= 15 is 0 Å². The second-order valence-corrected chi connectivity index (χ2v) is 4.84. The van der Waals surface area contributed by atoms with Crippen molar-refractivity contribution in [1.82, 2.24) is 20.2 Å². The zero-order valence-electron chi connectivity index (χ0n) is 11.0. The molecule has 7 heteroatoms. The molecule has 2 atom stereocenters. The Labute approximate surface area is 110 Å². The van der Waals surface area contributed by atoms with Crippen LogP contribution in [0, 0.1) is 0 Å². The van der Waals surface area contributed by atoms with Gasteiger partial charge in [-0.05, 0) is 26.3 Å². The number of carbonyl (C=O) groups excluding carboxylic acids is 1. The zero-order valence-corrected chi connectivity index (χ0v) is 11.0. The molecule has 19 heavy (non-hydrogen) atoms. The Hall–Kier alpha value is -1.89. The van der Waals surface area contributed by atoms with Crippen molar-refractivity contribution in [3.63, 3.8) is 0 Å². The maximum atomic E-state index is 12.1. The molecule has 2 unspecified atom stereocenters. The Balaban J connectivity index is 2.19. The van der Waals surface area contributed by atoms with Crippen LogP contribution in [-0.4, -0.2) is 34.1 Å². The molecule has 7 nitrogen and oxygen atoms in total. The van der Waals surface area contributed by atoms with Gasteiger partial charge in [-0.1, -0.05) is 0 Å². The highest BCUT2D eigenvalue weighted by Gasteiger charge is 2.24. The molecule has 1 saturated heterocycles. The topological polar surface area (TPSA) is 96.0 Å². The van der Waals surface area contributed by atoms with Crippen LogP contribution in [0.5, 0.6) is 0 Å². The highest BCUT2D eigenvalue weighted by Crippen LogP contribution is 2.08. The van der Waals surface area contributed by atoms with Gasteiger partial charge in [-0.25, -0.2) is 4.79 Å². The molecule has 1 aromatic rings. The number of hydrogen-bond donors (Lipinski definition) is 3. The quantitative estimate of drug-likeness (QED) is 0.636. The largest absolute Gasteiger partial charge is 0.348 e. The number of amides is 1. The van der Waals surface area contributed by atoms with Crippen molar-refractivity contribution >= 4 is 5.91 Å². The number of rotatable bonds is 2. The summed E-state index contributed by atoms with van der Waals surface area (Å²) in [5.41, 5.74) is -1.16. The van der Waals surface area contributed by atoms with E-state index in [1.165, 1.54) is 13.2 Å². The van der Waals surface area contributed by atoms with Crippen molar-refractivity contribution in [3.05, 3.63) is 32.6 Å². The van der Waals surface area contributed by atoms with Gasteiger partial charge in [0.05, 0.1) is 0 Å². The van der Waals surface area contributed by atoms with Crippen LogP contribution >= 0.6 is 0 Å². The number of nitrogens with one attached hydrogen (secondary N) is 3. The highest BCUT2D eigenvalue weighted by atomic mass is 16.2. The van der Waals surface area contributed by atoms with E-state index in [4.69, 9.17) is 0 Å². The fourth-order valence-electron chi connectivity index (χ4n) is 2.22. The molecule has 0 radical (unpaired) electrons. The third-order valence-electron chi connectivity index (χ3n) is 3.50. The average molecular weight is 266 g/mol. The Morgan fingerprint density at radius 1 is 1.47 bits per heavy atom. The normalized spacial score (nSPS) is 23.1. The molecule has 0 bridgehead atoms. The molecular weight excluding hydrogens is 248 g/mol. The third kappa shape index (κ3) is 2.76. The van der Waals surface area contributed by atoms with Crippen molar-refractivity contribution in [1.29, 1.82) is 0 Å². The first kappa shape index (κ1) is 13.5. The summed E-state index contributed by atoms with van der Waals surface area (Å²) in [5.74, 6) is -0.447. The fraction of sp³-hybridized carbons (Fsp3) is 0.583. The number of piperidine rings is 1. The van der Waals surface area contributed by atoms with Crippen LogP contribution in [0.3, 0.4) is 0 Å².